The van der Waals surface area contributed by atoms with Crippen molar-refractivity contribution in [2.75, 3.05) is 31.6 Å². The van der Waals surface area contributed by atoms with E-state index in [0.29, 0.717) is 37.4 Å². The van der Waals surface area contributed by atoms with Gasteiger partial charge in [0.05, 0.1) is 17.8 Å². The van der Waals surface area contributed by atoms with E-state index in [2.05, 4.69) is 0 Å². The Hall–Kier alpha value is -2.82. The number of likely N-dealkylation sites (N-methyl/N-ethyl adjacent to an activating group) is 1. The molecule has 2 amide bonds. The number of carbonyl (C=O) groups excluding carboxylic acids is 2. The average molecular weight is 352 g/mol. The number of hydrogen-bond donors (Lipinski definition) is 0. The van der Waals surface area contributed by atoms with Crippen molar-refractivity contribution in [3.05, 3.63) is 59.7 Å². The number of carbonyl (C=O) groups is 2. The average Bonchev–Trinajstić information content (AvgIpc) is 3.07. The van der Waals surface area contributed by atoms with Crippen LogP contribution >= 0.6 is 0 Å². The number of aryl methyl sites for hydroxylation is 1. The molecule has 0 unspecified atom stereocenters. The standard InChI is InChI=1S/C21H24N2O3/c1-16-10-11-19(23-12-6-9-20(23)24)18(15-16)21(25)22(2)13-14-26-17-7-4-3-5-8-17/h3-5,7-8,10-11,15H,6,9,12-14H2,1-2H3. The Labute approximate surface area is 154 Å². The molecule has 1 saturated heterocycles. The smallest absolute Gasteiger partial charge is 0.255 e. The third-order valence-electron chi connectivity index (χ3n) is 4.53. The maximum Gasteiger partial charge on any atom is 0.255 e. The number of ether oxygens (including phenoxy) is 1. The van der Waals surface area contributed by atoms with Crippen LogP contribution in [0.4, 0.5) is 5.69 Å². The molecule has 0 aromatic heterocycles. The molecule has 1 fully saturated rings. The highest BCUT2D eigenvalue weighted by atomic mass is 16.5. The fourth-order valence-corrected chi connectivity index (χ4v) is 3.08. The summed E-state index contributed by atoms with van der Waals surface area (Å²) in [5.41, 5.74) is 2.28. The van der Waals surface area contributed by atoms with Gasteiger partial charge in [0.25, 0.3) is 5.91 Å². The molecule has 1 heterocycles. The van der Waals surface area contributed by atoms with Gasteiger partial charge in [-0.25, -0.2) is 0 Å². The largest absolute Gasteiger partial charge is 0.492 e. The van der Waals surface area contributed by atoms with Crippen molar-refractivity contribution < 1.29 is 14.3 Å². The van der Waals surface area contributed by atoms with Gasteiger partial charge in [-0.05, 0) is 37.6 Å². The predicted molar refractivity (Wildman–Crippen MR) is 102 cm³/mol. The number of anilines is 1. The second-order valence-corrected chi connectivity index (χ2v) is 6.56. The summed E-state index contributed by atoms with van der Waals surface area (Å²) in [6.07, 6.45) is 1.38. The molecule has 0 spiro atoms. The van der Waals surface area contributed by atoms with Crippen LogP contribution in [-0.4, -0.2) is 43.5 Å². The Morgan fingerprint density at radius 3 is 2.65 bits per heavy atom. The Kier molecular flexibility index (Phi) is 5.56. The van der Waals surface area contributed by atoms with Crippen LogP contribution in [0.3, 0.4) is 0 Å². The zero-order valence-electron chi connectivity index (χ0n) is 15.3. The molecule has 0 aliphatic carbocycles. The van der Waals surface area contributed by atoms with E-state index in [1.54, 1.807) is 16.8 Å². The van der Waals surface area contributed by atoms with Crippen molar-refractivity contribution in [2.24, 2.45) is 0 Å². The third-order valence-corrected chi connectivity index (χ3v) is 4.53. The van der Waals surface area contributed by atoms with Crippen LogP contribution in [0.2, 0.25) is 0 Å². The van der Waals surface area contributed by atoms with E-state index < -0.39 is 0 Å². The van der Waals surface area contributed by atoms with Crippen LogP contribution in [0.25, 0.3) is 0 Å². The first kappa shape index (κ1) is 18.0. The molecule has 1 aliphatic rings. The van der Waals surface area contributed by atoms with Crippen LogP contribution in [0, 0.1) is 6.92 Å². The van der Waals surface area contributed by atoms with Crippen molar-refractivity contribution in [1.29, 1.82) is 0 Å². The van der Waals surface area contributed by atoms with Gasteiger partial charge in [0.1, 0.15) is 12.4 Å². The first-order valence-electron chi connectivity index (χ1n) is 8.90. The van der Waals surface area contributed by atoms with Crippen molar-refractivity contribution in [3.8, 4) is 5.75 Å². The van der Waals surface area contributed by atoms with Gasteiger partial charge in [0.15, 0.2) is 0 Å². The molecule has 0 radical (unpaired) electrons. The highest BCUT2D eigenvalue weighted by molar-refractivity contribution is 6.05. The maximum atomic E-state index is 13.0. The van der Waals surface area contributed by atoms with Gasteiger partial charge >= 0.3 is 0 Å². The van der Waals surface area contributed by atoms with Gasteiger partial charge in [-0.15, -0.1) is 0 Å². The Morgan fingerprint density at radius 1 is 1.19 bits per heavy atom. The zero-order chi connectivity index (χ0) is 18.5. The number of amides is 2. The van der Waals surface area contributed by atoms with E-state index in [1.807, 2.05) is 55.5 Å². The monoisotopic (exact) mass is 352 g/mol. The lowest BCUT2D eigenvalue weighted by atomic mass is 10.1. The van der Waals surface area contributed by atoms with Gasteiger partial charge in [-0.2, -0.15) is 0 Å². The fourth-order valence-electron chi connectivity index (χ4n) is 3.08. The number of para-hydroxylation sites is 1. The van der Waals surface area contributed by atoms with Gasteiger partial charge in [-0.3, -0.25) is 9.59 Å². The molecule has 5 nitrogen and oxygen atoms in total. The molecule has 2 aromatic carbocycles. The van der Waals surface area contributed by atoms with E-state index in [9.17, 15) is 9.59 Å². The van der Waals surface area contributed by atoms with Crippen LogP contribution < -0.4 is 9.64 Å². The lowest BCUT2D eigenvalue weighted by Crippen LogP contribution is -2.33. The number of rotatable bonds is 6. The summed E-state index contributed by atoms with van der Waals surface area (Å²) in [7, 11) is 1.76. The molecule has 1 aliphatic heterocycles. The maximum absolute atomic E-state index is 13.0. The summed E-state index contributed by atoms with van der Waals surface area (Å²) in [6.45, 7) is 3.50. The normalized spacial score (nSPS) is 13.8. The van der Waals surface area contributed by atoms with Crippen molar-refractivity contribution in [2.45, 2.75) is 19.8 Å². The number of benzene rings is 2. The Balaban J connectivity index is 1.70. The lowest BCUT2D eigenvalue weighted by molar-refractivity contribution is -0.117. The van der Waals surface area contributed by atoms with Crippen LogP contribution in [0.5, 0.6) is 5.75 Å². The summed E-state index contributed by atoms with van der Waals surface area (Å²) in [6, 6.07) is 15.2. The zero-order valence-corrected chi connectivity index (χ0v) is 15.3. The molecule has 0 N–H and O–H groups in total. The highest BCUT2D eigenvalue weighted by Crippen LogP contribution is 2.27. The Morgan fingerprint density at radius 2 is 1.96 bits per heavy atom. The SMILES string of the molecule is Cc1ccc(N2CCCC2=O)c(C(=O)N(C)CCOc2ccccc2)c1. The summed E-state index contributed by atoms with van der Waals surface area (Å²) >= 11 is 0. The van der Waals surface area contributed by atoms with Gasteiger partial charge in [0, 0.05) is 20.0 Å². The van der Waals surface area contributed by atoms with Gasteiger partial charge < -0.3 is 14.5 Å². The minimum absolute atomic E-state index is 0.0815. The lowest BCUT2D eigenvalue weighted by Gasteiger charge is -2.23. The molecule has 136 valence electrons. The molecular formula is C21H24N2O3. The van der Waals surface area contributed by atoms with Crippen molar-refractivity contribution >= 4 is 17.5 Å². The number of nitrogens with zero attached hydrogens (tertiary/aromatic N) is 2. The van der Waals surface area contributed by atoms with E-state index in [-0.39, 0.29) is 11.8 Å². The minimum atomic E-state index is -0.0972. The first-order chi connectivity index (χ1) is 12.6. The Bertz CT molecular complexity index is 789. The second kappa shape index (κ2) is 8.04. The quantitative estimate of drug-likeness (QED) is 0.802. The van der Waals surface area contributed by atoms with Crippen LogP contribution in [-0.2, 0) is 4.79 Å². The van der Waals surface area contributed by atoms with E-state index in [1.165, 1.54) is 0 Å². The molecule has 0 atom stereocenters. The van der Waals surface area contributed by atoms with E-state index in [4.69, 9.17) is 4.74 Å². The molecule has 5 heteroatoms. The molecule has 2 aromatic rings. The molecular weight excluding hydrogens is 328 g/mol. The summed E-state index contributed by atoms with van der Waals surface area (Å²) in [4.78, 5) is 28.4. The molecule has 26 heavy (non-hydrogen) atoms. The van der Waals surface area contributed by atoms with E-state index in [0.717, 1.165) is 17.7 Å². The molecule has 0 bridgehead atoms. The van der Waals surface area contributed by atoms with Crippen LogP contribution in [0.1, 0.15) is 28.8 Å². The van der Waals surface area contributed by atoms with Crippen molar-refractivity contribution in [3.63, 3.8) is 0 Å². The molecule has 3 rings (SSSR count). The van der Waals surface area contributed by atoms with Crippen LogP contribution in [0.15, 0.2) is 48.5 Å². The summed E-state index contributed by atoms with van der Waals surface area (Å²) in [5.74, 6) is 0.769. The number of hydrogen-bond acceptors (Lipinski definition) is 3. The fraction of sp³-hybridized carbons (Fsp3) is 0.333. The second-order valence-electron chi connectivity index (χ2n) is 6.56. The van der Waals surface area contributed by atoms with E-state index >= 15 is 0 Å². The highest BCUT2D eigenvalue weighted by Gasteiger charge is 2.26. The topological polar surface area (TPSA) is 49.9 Å². The third kappa shape index (κ3) is 4.04. The first-order valence-corrected chi connectivity index (χ1v) is 8.90. The molecule has 0 saturated carbocycles. The van der Waals surface area contributed by atoms with Gasteiger partial charge in [-0.1, -0.05) is 29.8 Å². The summed E-state index contributed by atoms with van der Waals surface area (Å²) < 4.78 is 5.68. The minimum Gasteiger partial charge on any atom is -0.492 e. The predicted octanol–water partition coefficient (Wildman–Crippen LogP) is 3.27. The summed E-state index contributed by atoms with van der Waals surface area (Å²) in [5, 5.41) is 0. The van der Waals surface area contributed by atoms with Gasteiger partial charge in [0.2, 0.25) is 5.91 Å². The van der Waals surface area contributed by atoms with Crippen molar-refractivity contribution in [1.82, 2.24) is 4.90 Å².